The zero-order valence-corrected chi connectivity index (χ0v) is 20.9. The molecule has 1 saturated heterocycles. The Morgan fingerprint density at radius 1 is 0.658 bits per heavy atom. The van der Waals surface area contributed by atoms with E-state index in [4.69, 9.17) is 4.98 Å². The fourth-order valence-corrected chi connectivity index (χ4v) is 5.61. The van der Waals surface area contributed by atoms with Crippen molar-refractivity contribution >= 4 is 27.8 Å². The third-order valence-electron chi connectivity index (χ3n) is 7.42. The molecule has 1 aliphatic rings. The zero-order chi connectivity index (χ0) is 25.3. The van der Waals surface area contributed by atoms with Gasteiger partial charge in [0.15, 0.2) is 5.65 Å². The van der Waals surface area contributed by atoms with Crippen LogP contribution in [-0.4, -0.2) is 55.8 Å². The van der Waals surface area contributed by atoms with Gasteiger partial charge in [0.25, 0.3) is 0 Å². The van der Waals surface area contributed by atoms with Crippen molar-refractivity contribution in [3.8, 4) is 5.69 Å². The Bertz CT molecular complexity index is 1680. The van der Waals surface area contributed by atoms with Gasteiger partial charge in [-0.05, 0) is 35.4 Å². The molecule has 0 saturated carbocycles. The van der Waals surface area contributed by atoms with Crippen molar-refractivity contribution in [1.82, 2.24) is 29.6 Å². The van der Waals surface area contributed by atoms with Crippen molar-refractivity contribution in [2.45, 2.75) is 6.04 Å². The van der Waals surface area contributed by atoms with Gasteiger partial charge in [-0.1, -0.05) is 66.7 Å². The highest BCUT2D eigenvalue weighted by molar-refractivity contribution is 5.87. The molecular formula is C31H27N7. The second kappa shape index (κ2) is 9.68. The topological polar surface area (TPSA) is 63.0 Å². The van der Waals surface area contributed by atoms with Crippen molar-refractivity contribution in [2.75, 3.05) is 31.1 Å². The van der Waals surface area contributed by atoms with E-state index in [0.717, 1.165) is 54.2 Å². The van der Waals surface area contributed by atoms with Crippen molar-refractivity contribution in [3.63, 3.8) is 0 Å². The van der Waals surface area contributed by atoms with E-state index >= 15 is 0 Å². The minimum Gasteiger partial charge on any atom is -0.353 e. The largest absolute Gasteiger partial charge is 0.353 e. The number of nitrogens with zero attached hydrogens (tertiary/aromatic N) is 7. The number of para-hydroxylation sites is 2. The van der Waals surface area contributed by atoms with Gasteiger partial charge in [-0.25, -0.2) is 14.6 Å². The molecule has 0 aliphatic carbocycles. The molecule has 3 aromatic carbocycles. The Morgan fingerprint density at radius 2 is 1.39 bits per heavy atom. The molecular weight excluding hydrogens is 470 g/mol. The van der Waals surface area contributed by atoms with Crippen LogP contribution in [0.5, 0.6) is 0 Å². The normalized spacial score (nSPS) is 15.2. The number of benzene rings is 3. The van der Waals surface area contributed by atoms with Gasteiger partial charge in [-0.2, -0.15) is 5.10 Å². The maximum absolute atomic E-state index is 4.70. The predicted octanol–water partition coefficient (Wildman–Crippen LogP) is 5.28. The summed E-state index contributed by atoms with van der Waals surface area (Å²) in [5, 5.41) is 6.83. The van der Waals surface area contributed by atoms with Crippen LogP contribution in [0.2, 0.25) is 0 Å². The summed E-state index contributed by atoms with van der Waals surface area (Å²) in [5.74, 6) is 0.947. The maximum atomic E-state index is 4.70. The van der Waals surface area contributed by atoms with Crippen LogP contribution in [0.15, 0.2) is 110 Å². The van der Waals surface area contributed by atoms with E-state index in [-0.39, 0.29) is 6.04 Å². The number of anilines is 1. The van der Waals surface area contributed by atoms with Gasteiger partial charge in [0.2, 0.25) is 0 Å². The molecule has 7 rings (SSSR count). The predicted molar refractivity (Wildman–Crippen MR) is 150 cm³/mol. The molecule has 186 valence electrons. The number of fused-ring (bicyclic) bond motifs is 2. The van der Waals surface area contributed by atoms with Crippen LogP contribution in [0.3, 0.4) is 0 Å². The second-order valence-corrected chi connectivity index (χ2v) is 9.58. The number of pyridine rings is 1. The van der Waals surface area contributed by atoms with E-state index in [1.165, 1.54) is 16.5 Å². The lowest BCUT2D eigenvalue weighted by Crippen LogP contribution is -2.48. The molecule has 1 unspecified atom stereocenters. The van der Waals surface area contributed by atoms with E-state index in [1.807, 2.05) is 47.4 Å². The summed E-state index contributed by atoms with van der Waals surface area (Å²) < 4.78 is 1.89. The van der Waals surface area contributed by atoms with E-state index < -0.39 is 0 Å². The van der Waals surface area contributed by atoms with Crippen molar-refractivity contribution in [3.05, 3.63) is 121 Å². The number of hydrogen-bond acceptors (Lipinski definition) is 6. The third kappa shape index (κ3) is 3.97. The van der Waals surface area contributed by atoms with E-state index in [1.54, 1.807) is 6.33 Å². The van der Waals surface area contributed by atoms with Crippen LogP contribution in [0.25, 0.3) is 27.6 Å². The highest BCUT2D eigenvalue weighted by Crippen LogP contribution is 2.34. The molecule has 1 aliphatic heterocycles. The first kappa shape index (κ1) is 22.6. The van der Waals surface area contributed by atoms with E-state index in [9.17, 15) is 0 Å². The van der Waals surface area contributed by atoms with Crippen LogP contribution < -0.4 is 4.90 Å². The Kier molecular flexibility index (Phi) is 5.75. The monoisotopic (exact) mass is 497 g/mol. The summed E-state index contributed by atoms with van der Waals surface area (Å²) in [7, 11) is 0. The van der Waals surface area contributed by atoms with Crippen LogP contribution in [-0.2, 0) is 0 Å². The van der Waals surface area contributed by atoms with Crippen LogP contribution in [0.4, 0.5) is 5.82 Å². The molecule has 7 nitrogen and oxygen atoms in total. The fraction of sp³-hybridized carbons (Fsp3) is 0.161. The summed E-state index contributed by atoms with van der Waals surface area (Å²) in [6, 6.07) is 31.7. The van der Waals surface area contributed by atoms with Gasteiger partial charge < -0.3 is 4.90 Å². The fourth-order valence-electron chi connectivity index (χ4n) is 5.61. The molecule has 1 atom stereocenters. The standard InChI is InChI=1S/C31H27N7/c1-3-9-23(10-4-1)29(26-15-16-32-28-14-8-7-13-25(26)28)36-17-19-37(20-18-36)30-27-21-35-38(31(27)34-22-33-30)24-11-5-2-6-12-24/h1-16,21-22,29H,17-20H2. The molecule has 7 heteroatoms. The van der Waals surface area contributed by atoms with Crippen LogP contribution >= 0.6 is 0 Å². The van der Waals surface area contributed by atoms with Crippen LogP contribution in [0, 0.1) is 0 Å². The molecule has 0 amide bonds. The summed E-state index contributed by atoms with van der Waals surface area (Å²) in [6.45, 7) is 3.56. The summed E-state index contributed by atoms with van der Waals surface area (Å²) in [5.41, 5.74) is 5.44. The Hall–Kier alpha value is -4.62. The maximum Gasteiger partial charge on any atom is 0.168 e. The number of piperazine rings is 1. The Balaban J connectivity index is 1.20. The molecule has 3 aromatic heterocycles. The van der Waals surface area contributed by atoms with Crippen molar-refractivity contribution < 1.29 is 0 Å². The lowest BCUT2D eigenvalue weighted by Gasteiger charge is -2.40. The highest BCUT2D eigenvalue weighted by atomic mass is 15.3. The third-order valence-corrected chi connectivity index (χ3v) is 7.42. The minimum atomic E-state index is 0.150. The number of hydrogen-bond donors (Lipinski definition) is 0. The lowest BCUT2D eigenvalue weighted by molar-refractivity contribution is 0.213. The number of aromatic nitrogens is 5. The Morgan fingerprint density at radius 3 is 2.21 bits per heavy atom. The molecule has 6 aromatic rings. The number of rotatable bonds is 5. The van der Waals surface area contributed by atoms with Gasteiger partial charge in [0.1, 0.15) is 12.1 Å². The van der Waals surface area contributed by atoms with Gasteiger partial charge >= 0.3 is 0 Å². The van der Waals surface area contributed by atoms with Crippen molar-refractivity contribution in [2.24, 2.45) is 0 Å². The SMILES string of the molecule is c1ccc(C(c2ccnc3ccccc23)N2CCN(c3ncnc4c3cnn4-c3ccccc3)CC2)cc1. The molecule has 0 bridgehead atoms. The van der Waals surface area contributed by atoms with Crippen molar-refractivity contribution in [1.29, 1.82) is 0 Å². The molecule has 38 heavy (non-hydrogen) atoms. The first-order valence-corrected chi connectivity index (χ1v) is 13.0. The quantitative estimate of drug-likeness (QED) is 0.323. The summed E-state index contributed by atoms with van der Waals surface area (Å²) >= 11 is 0. The van der Waals surface area contributed by atoms with E-state index in [2.05, 4.69) is 85.5 Å². The molecule has 1 fully saturated rings. The van der Waals surface area contributed by atoms with Gasteiger partial charge in [0.05, 0.1) is 28.8 Å². The lowest BCUT2D eigenvalue weighted by atomic mass is 9.93. The summed E-state index contributed by atoms with van der Waals surface area (Å²) in [4.78, 5) is 18.8. The minimum absolute atomic E-state index is 0.150. The van der Waals surface area contributed by atoms with Gasteiger partial charge in [-0.3, -0.25) is 9.88 Å². The molecule has 0 spiro atoms. The Labute approximate surface area is 221 Å². The average molecular weight is 498 g/mol. The first-order chi connectivity index (χ1) is 18.9. The first-order valence-electron chi connectivity index (χ1n) is 13.0. The molecule has 0 N–H and O–H groups in total. The smallest absolute Gasteiger partial charge is 0.168 e. The highest BCUT2D eigenvalue weighted by Gasteiger charge is 2.29. The van der Waals surface area contributed by atoms with E-state index in [0.29, 0.717) is 0 Å². The zero-order valence-electron chi connectivity index (χ0n) is 20.9. The molecule has 4 heterocycles. The second-order valence-electron chi connectivity index (χ2n) is 9.58. The van der Waals surface area contributed by atoms with Crippen LogP contribution in [0.1, 0.15) is 17.2 Å². The molecule has 0 radical (unpaired) electrons. The van der Waals surface area contributed by atoms with Gasteiger partial charge in [0, 0.05) is 37.8 Å². The summed E-state index contributed by atoms with van der Waals surface area (Å²) in [6.07, 6.45) is 5.48. The van der Waals surface area contributed by atoms with Gasteiger partial charge in [-0.15, -0.1) is 0 Å². The average Bonchev–Trinajstić information content (AvgIpc) is 3.43.